The molecule has 0 amide bonds. The van der Waals surface area contributed by atoms with E-state index in [-0.39, 0.29) is 12.2 Å². The molecule has 0 aliphatic rings. The molecular formula is C28H28O6. The van der Waals surface area contributed by atoms with E-state index in [2.05, 4.69) is 0 Å². The van der Waals surface area contributed by atoms with Gasteiger partial charge in [0.2, 0.25) is 5.75 Å². The minimum Gasteiger partial charge on any atom is -0.493 e. The lowest BCUT2D eigenvalue weighted by molar-refractivity contribution is 0.300. The highest BCUT2D eigenvalue weighted by atomic mass is 16.5. The predicted molar refractivity (Wildman–Crippen MR) is 132 cm³/mol. The van der Waals surface area contributed by atoms with Gasteiger partial charge in [-0.25, -0.2) is 4.79 Å². The summed E-state index contributed by atoms with van der Waals surface area (Å²) in [7, 11) is 4.73. The van der Waals surface area contributed by atoms with Gasteiger partial charge in [-0.15, -0.1) is 0 Å². The topological polar surface area (TPSA) is 67.1 Å². The summed E-state index contributed by atoms with van der Waals surface area (Å²) < 4.78 is 28.3. The van der Waals surface area contributed by atoms with Crippen LogP contribution < -0.4 is 24.6 Å². The molecule has 0 spiro atoms. The molecule has 4 rings (SSSR count). The second-order valence-electron chi connectivity index (χ2n) is 8.11. The highest BCUT2D eigenvalue weighted by Crippen LogP contribution is 2.39. The molecule has 0 N–H and O–H groups in total. The lowest BCUT2D eigenvalue weighted by Gasteiger charge is -2.16. The number of fused-ring (bicyclic) bond motifs is 1. The van der Waals surface area contributed by atoms with Gasteiger partial charge in [0.15, 0.2) is 11.5 Å². The van der Waals surface area contributed by atoms with Crippen molar-refractivity contribution >= 4 is 11.0 Å². The molecular weight excluding hydrogens is 432 g/mol. The molecule has 1 aromatic heterocycles. The van der Waals surface area contributed by atoms with E-state index in [1.54, 1.807) is 21.3 Å². The fourth-order valence-corrected chi connectivity index (χ4v) is 4.13. The summed E-state index contributed by atoms with van der Waals surface area (Å²) in [4.78, 5) is 12.8. The third-order valence-corrected chi connectivity index (χ3v) is 5.83. The van der Waals surface area contributed by atoms with Crippen LogP contribution in [0.25, 0.3) is 11.0 Å². The van der Waals surface area contributed by atoms with Gasteiger partial charge in [0.25, 0.3) is 0 Å². The Bertz CT molecular complexity index is 1350. The minimum atomic E-state index is -0.324. The average molecular weight is 461 g/mol. The number of rotatable bonds is 8. The number of hydrogen-bond acceptors (Lipinski definition) is 6. The largest absolute Gasteiger partial charge is 0.493 e. The lowest BCUT2D eigenvalue weighted by atomic mass is 9.98. The molecule has 3 aromatic carbocycles. The Kier molecular flexibility index (Phi) is 6.77. The van der Waals surface area contributed by atoms with Crippen LogP contribution in [0.5, 0.6) is 23.0 Å². The molecule has 6 nitrogen and oxygen atoms in total. The Labute approximate surface area is 198 Å². The minimum absolute atomic E-state index is 0.266. The highest BCUT2D eigenvalue weighted by Gasteiger charge is 2.18. The number of benzene rings is 3. The van der Waals surface area contributed by atoms with Crippen molar-refractivity contribution < 1.29 is 23.4 Å². The van der Waals surface area contributed by atoms with Crippen LogP contribution in [0.3, 0.4) is 0 Å². The van der Waals surface area contributed by atoms with E-state index in [0.717, 1.165) is 27.6 Å². The summed E-state index contributed by atoms with van der Waals surface area (Å²) in [6.07, 6.45) is 0.491. The van der Waals surface area contributed by atoms with E-state index in [1.807, 2.05) is 68.4 Å². The third kappa shape index (κ3) is 4.57. The van der Waals surface area contributed by atoms with Crippen molar-refractivity contribution in [1.29, 1.82) is 0 Å². The van der Waals surface area contributed by atoms with Crippen LogP contribution in [-0.2, 0) is 13.0 Å². The van der Waals surface area contributed by atoms with Gasteiger partial charge in [0.1, 0.15) is 17.9 Å². The van der Waals surface area contributed by atoms with Crippen molar-refractivity contribution in [3.05, 3.63) is 92.8 Å². The number of aryl methyl sites for hydroxylation is 2. The normalized spacial score (nSPS) is 10.9. The van der Waals surface area contributed by atoms with E-state index in [4.69, 9.17) is 23.4 Å². The Morgan fingerprint density at radius 2 is 1.47 bits per heavy atom. The molecule has 0 saturated carbocycles. The van der Waals surface area contributed by atoms with E-state index in [9.17, 15) is 4.79 Å². The molecule has 0 aliphatic carbocycles. The van der Waals surface area contributed by atoms with Crippen LogP contribution >= 0.6 is 0 Å². The van der Waals surface area contributed by atoms with Gasteiger partial charge in [0.05, 0.1) is 26.7 Å². The molecule has 6 heteroatoms. The van der Waals surface area contributed by atoms with E-state index in [0.29, 0.717) is 40.6 Å². The SMILES string of the molecule is COc1cc(COc2cc(C)cc3oc(=O)c(Cc4ccccc4)c(C)c23)cc(OC)c1OC. The van der Waals surface area contributed by atoms with Gasteiger partial charge >= 0.3 is 5.63 Å². The molecule has 0 unspecified atom stereocenters. The predicted octanol–water partition coefficient (Wildman–Crippen LogP) is 5.61. The van der Waals surface area contributed by atoms with Crippen LogP contribution in [-0.4, -0.2) is 21.3 Å². The van der Waals surface area contributed by atoms with E-state index >= 15 is 0 Å². The quantitative estimate of drug-likeness (QED) is 0.319. The van der Waals surface area contributed by atoms with E-state index < -0.39 is 0 Å². The molecule has 34 heavy (non-hydrogen) atoms. The standard InChI is InChI=1S/C28H28O6/c1-17-11-22(33-16-20-14-24(30-3)27(32-5)25(15-20)31-4)26-18(2)21(28(29)34-23(26)12-17)13-19-9-7-6-8-10-19/h6-12,14-15H,13,16H2,1-5H3. The summed E-state index contributed by atoms with van der Waals surface area (Å²) in [5.74, 6) is 2.29. The van der Waals surface area contributed by atoms with Gasteiger partial charge < -0.3 is 23.4 Å². The molecule has 1 heterocycles. The molecule has 176 valence electrons. The maximum atomic E-state index is 12.8. The Morgan fingerprint density at radius 1 is 0.794 bits per heavy atom. The second-order valence-corrected chi connectivity index (χ2v) is 8.11. The van der Waals surface area contributed by atoms with Crippen molar-refractivity contribution in [2.75, 3.05) is 21.3 Å². The van der Waals surface area contributed by atoms with Crippen LogP contribution in [0.2, 0.25) is 0 Å². The van der Waals surface area contributed by atoms with Gasteiger partial charge in [-0.2, -0.15) is 0 Å². The first-order valence-electron chi connectivity index (χ1n) is 11.0. The van der Waals surface area contributed by atoms with Crippen molar-refractivity contribution in [1.82, 2.24) is 0 Å². The smallest absolute Gasteiger partial charge is 0.340 e. The maximum absolute atomic E-state index is 12.8. The van der Waals surface area contributed by atoms with Crippen LogP contribution in [0.15, 0.2) is 63.8 Å². The first-order valence-corrected chi connectivity index (χ1v) is 11.0. The van der Waals surface area contributed by atoms with E-state index in [1.165, 1.54) is 0 Å². The fraction of sp³-hybridized carbons (Fsp3) is 0.250. The van der Waals surface area contributed by atoms with Crippen molar-refractivity contribution in [2.45, 2.75) is 26.9 Å². The monoisotopic (exact) mass is 460 g/mol. The fourth-order valence-electron chi connectivity index (χ4n) is 4.13. The third-order valence-electron chi connectivity index (χ3n) is 5.83. The van der Waals surface area contributed by atoms with Crippen LogP contribution in [0.1, 0.15) is 27.8 Å². The number of hydrogen-bond donors (Lipinski definition) is 0. The zero-order chi connectivity index (χ0) is 24.2. The maximum Gasteiger partial charge on any atom is 0.340 e. The summed E-state index contributed by atoms with van der Waals surface area (Å²) in [5.41, 5.74) is 4.50. The van der Waals surface area contributed by atoms with Gasteiger partial charge in [0, 0.05) is 12.0 Å². The zero-order valence-electron chi connectivity index (χ0n) is 20.1. The lowest BCUT2D eigenvalue weighted by Crippen LogP contribution is -2.11. The zero-order valence-corrected chi connectivity index (χ0v) is 20.1. The summed E-state index contributed by atoms with van der Waals surface area (Å²) >= 11 is 0. The summed E-state index contributed by atoms with van der Waals surface area (Å²) in [5, 5.41) is 0.795. The molecule has 0 aliphatic heterocycles. The molecule has 0 fully saturated rings. The molecule has 0 bridgehead atoms. The Morgan fingerprint density at radius 3 is 2.09 bits per heavy atom. The molecule has 4 aromatic rings. The summed E-state index contributed by atoms with van der Waals surface area (Å²) in [6, 6.07) is 17.4. The van der Waals surface area contributed by atoms with Gasteiger partial charge in [-0.05, 0) is 60.4 Å². The summed E-state index contributed by atoms with van der Waals surface area (Å²) in [6.45, 7) is 4.15. The van der Waals surface area contributed by atoms with Crippen LogP contribution in [0, 0.1) is 13.8 Å². The van der Waals surface area contributed by atoms with Crippen molar-refractivity contribution in [3.8, 4) is 23.0 Å². The van der Waals surface area contributed by atoms with Crippen molar-refractivity contribution in [3.63, 3.8) is 0 Å². The second kappa shape index (κ2) is 9.91. The van der Waals surface area contributed by atoms with Crippen molar-refractivity contribution in [2.24, 2.45) is 0 Å². The highest BCUT2D eigenvalue weighted by molar-refractivity contribution is 5.88. The van der Waals surface area contributed by atoms with Gasteiger partial charge in [-0.1, -0.05) is 30.3 Å². The first-order chi connectivity index (χ1) is 16.4. The first kappa shape index (κ1) is 23.2. The Hall–Kier alpha value is -3.93. The van der Waals surface area contributed by atoms with Gasteiger partial charge in [-0.3, -0.25) is 0 Å². The molecule has 0 radical (unpaired) electrons. The Balaban J connectivity index is 1.74. The number of methoxy groups -OCH3 is 3. The van der Waals surface area contributed by atoms with Crippen LogP contribution in [0.4, 0.5) is 0 Å². The average Bonchev–Trinajstić information content (AvgIpc) is 2.84. The number of ether oxygens (including phenoxy) is 4. The molecule has 0 atom stereocenters. The molecule has 0 saturated heterocycles.